The van der Waals surface area contributed by atoms with Gasteiger partial charge in [-0.05, 0) is 44.7 Å². The molecule has 6 heteroatoms. The molecule has 1 N–H and O–H groups in total. The molecular weight excluding hydrogens is 316 g/mol. The van der Waals surface area contributed by atoms with Gasteiger partial charge in [-0.25, -0.2) is 9.97 Å². The van der Waals surface area contributed by atoms with Gasteiger partial charge in [0.2, 0.25) is 11.9 Å². The number of rotatable bonds is 4. The summed E-state index contributed by atoms with van der Waals surface area (Å²) in [6, 6.07) is 6.27. The van der Waals surface area contributed by atoms with Crippen LogP contribution in [0.4, 0.5) is 5.95 Å². The highest BCUT2D eigenvalue weighted by molar-refractivity contribution is 5.83. The van der Waals surface area contributed by atoms with Crippen LogP contribution in [0.2, 0.25) is 0 Å². The van der Waals surface area contributed by atoms with Crippen molar-refractivity contribution in [2.24, 2.45) is 5.92 Å². The molecule has 6 nitrogen and oxygen atoms in total. The van der Waals surface area contributed by atoms with Gasteiger partial charge in [0.25, 0.3) is 0 Å². The summed E-state index contributed by atoms with van der Waals surface area (Å²) in [5, 5.41) is 4.16. The van der Waals surface area contributed by atoms with E-state index in [1.807, 2.05) is 25.1 Å². The van der Waals surface area contributed by atoms with Crippen LogP contribution in [0, 0.1) is 12.8 Å². The molecule has 1 saturated carbocycles. The van der Waals surface area contributed by atoms with E-state index < -0.39 is 0 Å². The Morgan fingerprint density at radius 1 is 1.28 bits per heavy atom. The van der Waals surface area contributed by atoms with E-state index in [4.69, 9.17) is 9.72 Å². The number of hydrogen-bond donors (Lipinski definition) is 1. The van der Waals surface area contributed by atoms with Crippen molar-refractivity contribution in [2.75, 3.05) is 25.1 Å². The fourth-order valence-corrected chi connectivity index (χ4v) is 3.44. The molecule has 2 fully saturated rings. The quantitative estimate of drug-likeness (QED) is 0.926. The predicted molar refractivity (Wildman–Crippen MR) is 96.9 cm³/mol. The molecule has 132 valence electrons. The SMILES string of the molecule is COc1ccc2c(C)nc(N3CCC[C@H](C(=O)NC4CC4)C3)nc2c1. The van der Waals surface area contributed by atoms with Gasteiger partial charge >= 0.3 is 0 Å². The second-order valence-corrected chi connectivity index (χ2v) is 7.06. The minimum Gasteiger partial charge on any atom is -0.497 e. The first-order valence-corrected chi connectivity index (χ1v) is 9.02. The van der Waals surface area contributed by atoms with Crippen molar-refractivity contribution in [2.45, 2.75) is 38.6 Å². The number of aryl methyl sites for hydroxylation is 1. The van der Waals surface area contributed by atoms with Crippen LogP contribution in [-0.2, 0) is 4.79 Å². The van der Waals surface area contributed by atoms with E-state index in [2.05, 4.69) is 15.2 Å². The van der Waals surface area contributed by atoms with Gasteiger partial charge in [-0.15, -0.1) is 0 Å². The summed E-state index contributed by atoms with van der Waals surface area (Å²) in [6.07, 6.45) is 4.17. The Labute approximate surface area is 147 Å². The van der Waals surface area contributed by atoms with Gasteiger partial charge in [0.05, 0.1) is 24.2 Å². The summed E-state index contributed by atoms with van der Waals surface area (Å²) in [5.74, 6) is 1.71. The normalized spacial score (nSPS) is 20.6. The third-order valence-electron chi connectivity index (χ3n) is 5.08. The zero-order chi connectivity index (χ0) is 17.4. The van der Waals surface area contributed by atoms with Crippen molar-refractivity contribution in [1.29, 1.82) is 0 Å². The average Bonchev–Trinajstić information content (AvgIpc) is 3.45. The molecule has 25 heavy (non-hydrogen) atoms. The van der Waals surface area contributed by atoms with E-state index in [1.165, 1.54) is 0 Å². The molecule has 0 spiro atoms. The maximum absolute atomic E-state index is 12.4. The maximum atomic E-state index is 12.4. The Morgan fingerprint density at radius 3 is 2.88 bits per heavy atom. The topological polar surface area (TPSA) is 67.3 Å². The Balaban J connectivity index is 1.58. The highest BCUT2D eigenvalue weighted by Gasteiger charge is 2.31. The number of carbonyl (C=O) groups excluding carboxylic acids is 1. The molecule has 2 aromatic rings. The molecule has 0 bridgehead atoms. The van der Waals surface area contributed by atoms with Crippen molar-refractivity contribution >= 4 is 22.8 Å². The first-order chi connectivity index (χ1) is 12.1. The number of anilines is 1. The Morgan fingerprint density at radius 2 is 2.12 bits per heavy atom. The zero-order valence-corrected chi connectivity index (χ0v) is 14.8. The first kappa shape index (κ1) is 16.1. The lowest BCUT2D eigenvalue weighted by Gasteiger charge is -2.32. The molecule has 1 aliphatic heterocycles. The van der Waals surface area contributed by atoms with E-state index in [-0.39, 0.29) is 11.8 Å². The van der Waals surface area contributed by atoms with Crippen molar-refractivity contribution < 1.29 is 9.53 Å². The largest absolute Gasteiger partial charge is 0.497 e. The molecule has 1 atom stereocenters. The Bertz CT molecular complexity index is 803. The minimum absolute atomic E-state index is 0.0271. The fourth-order valence-electron chi connectivity index (χ4n) is 3.44. The lowest BCUT2D eigenvalue weighted by atomic mass is 9.97. The van der Waals surface area contributed by atoms with E-state index in [9.17, 15) is 4.79 Å². The van der Waals surface area contributed by atoms with Gasteiger partial charge in [0.1, 0.15) is 5.75 Å². The Hall–Kier alpha value is -2.37. The number of carbonyl (C=O) groups is 1. The summed E-state index contributed by atoms with van der Waals surface area (Å²) in [4.78, 5) is 24.0. The van der Waals surface area contributed by atoms with Gasteiger partial charge in [-0.1, -0.05) is 0 Å². The van der Waals surface area contributed by atoms with E-state index in [0.717, 1.165) is 54.6 Å². The molecule has 2 heterocycles. The number of hydrogen-bond acceptors (Lipinski definition) is 5. The molecule has 1 aliphatic carbocycles. The number of aromatic nitrogens is 2. The first-order valence-electron chi connectivity index (χ1n) is 9.02. The van der Waals surface area contributed by atoms with Crippen LogP contribution in [0.25, 0.3) is 10.9 Å². The number of amides is 1. The molecule has 1 amide bonds. The molecule has 0 unspecified atom stereocenters. The molecule has 1 aromatic heterocycles. The van der Waals surface area contributed by atoms with Crippen LogP contribution in [-0.4, -0.2) is 42.1 Å². The molecule has 2 aliphatic rings. The molecule has 0 radical (unpaired) electrons. The van der Waals surface area contributed by atoms with Crippen LogP contribution < -0.4 is 15.0 Å². The second-order valence-electron chi connectivity index (χ2n) is 7.06. The van der Waals surface area contributed by atoms with Gasteiger partial charge < -0.3 is 15.0 Å². The van der Waals surface area contributed by atoms with Gasteiger partial charge in [0.15, 0.2) is 0 Å². The number of piperidine rings is 1. The summed E-state index contributed by atoms with van der Waals surface area (Å²) < 4.78 is 5.31. The van der Waals surface area contributed by atoms with Crippen LogP contribution in [0.15, 0.2) is 18.2 Å². The van der Waals surface area contributed by atoms with Gasteiger partial charge in [-0.3, -0.25) is 4.79 Å². The zero-order valence-electron chi connectivity index (χ0n) is 14.8. The van der Waals surface area contributed by atoms with Crippen LogP contribution >= 0.6 is 0 Å². The van der Waals surface area contributed by atoms with Crippen molar-refractivity contribution in [3.8, 4) is 5.75 Å². The monoisotopic (exact) mass is 340 g/mol. The summed E-state index contributed by atoms with van der Waals surface area (Å²) in [7, 11) is 1.66. The van der Waals surface area contributed by atoms with Gasteiger partial charge in [0, 0.05) is 30.6 Å². The number of fused-ring (bicyclic) bond motifs is 1. The number of benzene rings is 1. The Kier molecular flexibility index (Phi) is 4.19. The third kappa shape index (κ3) is 3.38. The lowest BCUT2D eigenvalue weighted by Crippen LogP contribution is -2.44. The van der Waals surface area contributed by atoms with E-state index in [0.29, 0.717) is 18.5 Å². The molecule has 1 aromatic carbocycles. The fraction of sp³-hybridized carbons (Fsp3) is 0.526. The summed E-state index contributed by atoms with van der Waals surface area (Å²) in [5.41, 5.74) is 1.83. The van der Waals surface area contributed by atoms with Crippen LogP contribution in [0.5, 0.6) is 5.75 Å². The number of nitrogens with zero attached hydrogens (tertiary/aromatic N) is 3. The van der Waals surface area contributed by atoms with Crippen molar-refractivity contribution in [3.63, 3.8) is 0 Å². The van der Waals surface area contributed by atoms with E-state index in [1.54, 1.807) is 7.11 Å². The van der Waals surface area contributed by atoms with Crippen molar-refractivity contribution in [3.05, 3.63) is 23.9 Å². The number of nitrogens with one attached hydrogen (secondary N) is 1. The highest BCUT2D eigenvalue weighted by Crippen LogP contribution is 2.27. The second kappa shape index (κ2) is 6.50. The minimum atomic E-state index is 0.0271. The number of ether oxygens (including phenoxy) is 1. The van der Waals surface area contributed by atoms with Crippen LogP contribution in [0.1, 0.15) is 31.4 Å². The molecule has 4 rings (SSSR count). The molecule has 1 saturated heterocycles. The van der Waals surface area contributed by atoms with Crippen LogP contribution in [0.3, 0.4) is 0 Å². The predicted octanol–water partition coefficient (Wildman–Crippen LogP) is 2.44. The highest BCUT2D eigenvalue weighted by atomic mass is 16.5. The lowest BCUT2D eigenvalue weighted by molar-refractivity contribution is -0.125. The smallest absolute Gasteiger partial charge is 0.226 e. The van der Waals surface area contributed by atoms with E-state index >= 15 is 0 Å². The summed E-state index contributed by atoms with van der Waals surface area (Å²) >= 11 is 0. The molecular formula is C19H24N4O2. The maximum Gasteiger partial charge on any atom is 0.226 e. The average molecular weight is 340 g/mol. The number of methoxy groups -OCH3 is 1. The standard InChI is InChI=1S/C19H24N4O2/c1-12-16-8-7-15(25-2)10-17(16)22-19(20-12)23-9-3-4-13(11-23)18(24)21-14-5-6-14/h7-8,10,13-14H,3-6,9,11H2,1-2H3,(H,21,24)/t13-/m0/s1. The summed E-state index contributed by atoms with van der Waals surface area (Å²) in [6.45, 7) is 3.58. The third-order valence-corrected chi connectivity index (χ3v) is 5.08. The van der Waals surface area contributed by atoms with Gasteiger partial charge in [-0.2, -0.15) is 0 Å². The van der Waals surface area contributed by atoms with Crippen molar-refractivity contribution in [1.82, 2.24) is 15.3 Å².